The number of phenols is 1. The average molecular weight is 272 g/mol. The first kappa shape index (κ1) is 13.9. The standard InChI is InChI=1S/C15H16N2O3/c1-10-8-16-7-6-11(10)9-17-15(19)12-4-3-5-13(20-2)14(12)18/h3-8,18H,9H2,1-2H3,(H,17,19). The highest BCUT2D eigenvalue weighted by Gasteiger charge is 2.14. The zero-order chi connectivity index (χ0) is 14.5. The van der Waals surface area contributed by atoms with Crippen molar-refractivity contribution in [2.24, 2.45) is 0 Å². The minimum absolute atomic E-state index is 0.154. The summed E-state index contributed by atoms with van der Waals surface area (Å²) in [6.07, 6.45) is 3.42. The predicted molar refractivity (Wildman–Crippen MR) is 74.8 cm³/mol. The molecule has 0 spiro atoms. The summed E-state index contributed by atoms with van der Waals surface area (Å²) < 4.78 is 4.98. The van der Waals surface area contributed by atoms with Gasteiger partial charge in [-0.3, -0.25) is 9.78 Å². The first-order valence-electron chi connectivity index (χ1n) is 6.17. The maximum atomic E-state index is 12.1. The van der Waals surface area contributed by atoms with Gasteiger partial charge in [0.1, 0.15) is 0 Å². The highest BCUT2D eigenvalue weighted by atomic mass is 16.5. The number of carbonyl (C=O) groups is 1. The number of carbonyl (C=O) groups excluding carboxylic acids is 1. The number of para-hydroxylation sites is 1. The normalized spacial score (nSPS) is 10.1. The van der Waals surface area contributed by atoms with Gasteiger partial charge in [-0.25, -0.2) is 0 Å². The monoisotopic (exact) mass is 272 g/mol. The molecule has 2 rings (SSSR count). The van der Waals surface area contributed by atoms with E-state index in [9.17, 15) is 9.90 Å². The van der Waals surface area contributed by atoms with Gasteiger partial charge in [0.25, 0.3) is 5.91 Å². The van der Waals surface area contributed by atoms with Gasteiger partial charge in [0.05, 0.1) is 12.7 Å². The highest BCUT2D eigenvalue weighted by Crippen LogP contribution is 2.29. The van der Waals surface area contributed by atoms with Crippen LogP contribution in [0.4, 0.5) is 0 Å². The van der Waals surface area contributed by atoms with E-state index in [0.29, 0.717) is 6.54 Å². The fourth-order valence-corrected chi connectivity index (χ4v) is 1.84. The van der Waals surface area contributed by atoms with Gasteiger partial charge in [-0.05, 0) is 36.2 Å². The van der Waals surface area contributed by atoms with Crippen molar-refractivity contribution >= 4 is 5.91 Å². The van der Waals surface area contributed by atoms with Crippen LogP contribution in [0.25, 0.3) is 0 Å². The summed E-state index contributed by atoms with van der Waals surface area (Å²) in [7, 11) is 1.44. The lowest BCUT2D eigenvalue weighted by molar-refractivity contribution is 0.0947. The molecule has 5 heteroatoms. The molecule has 1 heterocycles. The van der Waals surface area contributed by atoms with Crippen LogP contribution < -0.4 is 10.1 Å². The number of phenolic OH excluding ortho intramolecular Hbond substituents is 1. The van der Waals surface area contributed by atoms with Crippen LogP contribution >= 0.6 is 0 Å². The van der Waals surface area contributed by atoms with Crippen LogP contribution in [0.15, 0.2) is 36.7 Å². The van der Waals surface area contributed by atoms with Gasteiger partial charge in [-0.15, -0.1) is 0 Å². The lowest BCUT2D eigenvalue weighted by atomic mass is 10.1. The molecule has 5 nitrogen and oxygen atoms in total. The summed E-state index contributed by atoms with van der Waals surface area (Å²) in [6, 6.07) is 6.65. The van der Waals surface area contributed by atoms with Crippen LogP contribution in [0.3, 0.4) is 0 Å². The number of amides is 1. The molecule has 104 valence electrons. The molecule has 20 heavy (non-hydrogen) atoms. The molecule has 0 aliphatic heterocycles. The van der Waals surface area contributed by atoms with Gasteiger partial charge in [0, 0.05) is 18.9 Å². The quantitative estimate of drug-likeness (QED) is 0.893. The number of aromatic hydroxyl groups is 1. The number of hydrogen-bond acceptors (Lipinski definition) is 4. The van der Waals surface area contributed by atoms with E-state index in [2.05, 4.69) is 10.3 Å². The molecule has 0 aliphatic rings. The lowest BCUT2D eigenvalue weighted by Gasteiger charge is -2.10. The topological polar surface area (TPSA) is 71.5 Å². The van der Waals surface area contributed by atoms with E-state index < -0.39 is 0 Å². The van der Waals surface area contributed by atoms with Crippen molar-refractivity contribution in [3.8, 4) is 11.5 Å². The summed E-state index contributed by atoms with van der Waals surface area (Å²) in [5.74, 6) is -0.227. The maximum Gasteiger partial charge on any atom is 0.255 e. The largest absolute Gasteiger partial charge is 0.504 e. The Bertz CT molecular complexity index is 626. The second-order valence-corrected chi connectivity index (χ2v) is 4.34. The van der Waals surface area contributed by atoms with E-state index in [4.69, 9.17) is 4.74 Å². The molecule has 0 atom stereocenters. The molecule has 2 aromatic rings. The molecule has 0 aliphatic carbocycles. The molecule has 1 amide bonds. The third-order valence-electron chi connectivity index (χ3n) is 3.04. The molecular weight excluding hydrogens is 256 g/mol. The molecule has 2 N–H and O–H groups in total. The summed E-state index contributed by atoms with van der Waals surface area (Å²) in [5, 5.41) is 12.7. The van der Waals surface area contributed by atoms with Crippen LogP contribution in [0.2, 0.25) is 0 Å². The number of aryl methyl sites for hydroxylation is 1. The van der Waals surface area contributed by atoms with Gasteiger partial charge in [0.15, 0.2) is 11.5 Å². The van der Waals surface area contributed by atoms with Crippen LogP contribution in [0.5, 0.6) is 11.5 Å². The summed E-state index contributed by atoms with van der Waals surface area (Å²) in [5.41, 5.74) is 2.18. The van der Waals surface area contributed by atoms with E-state index in [0.717, 1.165) is 11.1 Å². The molecule has 0 saturated heterocycles. The molecule has 0 fully saturated rings. The minimum Gasteiger partial charge on any atom is -0.504 e. The Hall–Kier alpha value is -2.56. The zero-order valence-corrected chi connectivity index (χ0v) is 11.4. The number of pyridine rings is 1. The minimum atomic E-state index is -0.349. The first-order valence-corrected chi connectivity index (χ1v) is 6.17. The van der Waals surface area contributed by atoms with E-state index in [1.807, 2.05) is 13.0 Å². The van der Waals surface area contributed by atoms with Crippen molar-refractivity contribution in [2.45, 2.75) is 13.5 Å². The Kier molecular flexibility index (Phi) is 4.20. The molecular formula is C15H16N2O3. The first-order chi connectivity index (χ1) is 9.63. The Morgan fingerprint density at radius 1 is 1.40 bits per heavy atom. The summed E-state index contributed by atoms with van der Waals surface area (Å²) >= 11 is 0. The highest BCUT2D eigenvalue weighted by molar-refractivity contribution is 5.97. The molecule has 0 saturated carbocycles. The average Bonchev–Trinajstić information content (AvgIpc) is 2.46. The van der Waals surface area contributed by atoms with Gasteiger partial charge in [-0.2, -0.15) is 0 Å². The third kappa shape index (κ3) is 2.88. The van der Waals surface area contributed by atoms with Crippen molar-refractivity contribution < 1.29 is 14.6 Å². The van der Waals surface area contributed by atoms with Crippen molar-refractivity contribution in [1.82, 2.24) is 10.3 Å². The molecule has 0 unspecified atom stereocenters. The van der Waals surface area contributed by atoms with Crippen molar-refractivity contribution in [3.05, 3.63) is 53.3 Å². The van der Waals surface area contributed by atoms with Crippen molar-refractivity contribution in [1.29, 1.82) is 0 Å². The summed E-state index contributed by atoms with van der Waals surface area (Å²) in [6.45, 7) is 2.31. The maximum absolute atomic E-state index is 12.1. The van der Waals surface area contributed by atoms with E-state index in [1.54, 1.807) is 30.6 Å². The smallest absolute Gasteiger partial charge is 0.255 e. The number of benzene rings is 1. The van der Waals surface area contributed by atoms with Crippen molar-refractivity contribution in [2.75, 3.05) is 7.11 Å². The van der Waals surface area contributed by atoms with Gasteiger partial charge < -0.3 is 15.2 Å². The van der Waals surface area contributed by atoms with Crippen LogP contribution in [-0.4, -0.2) is 23.1 Å². The van der Waals surface area contributed by atoms with Gasteiger partial charge in [0.2, 0.25) is 0 Å². The Labute approximate surface area is 117 Å². The number of nitrogens with zero attached hydrogens (tertiary/aromatic N) is 1. The van der Waals surface area contributed by atoms with Crippen LogP contribution in [0, 0.1) is 6.92 Å². The fourth-order valence-electron chi connectivity index (χ4n) is 1.84. The van der Waals surface area contributed by atoms with Crippen molar-refractivity contribution in [3.63, 3.8) is 0 Å². The number of ether oxygens (including phenoxy) is 1. The third-order valence-corrected chi connectivity index (χ3v) is 3.04. The predicted octanol–water partition coefficient (Wildman–Crippen LogP) is 2.03. The van der Waals surface area contributed by atoms with Gasteiger partial charge in [-0.1, -0.05) is 6.07 Å². The van der Waals surface area contributed by atoms with Gasteiger partial charge >= 0.3 is 0 Å². The number of aromatic nitrogens is 1. The second kappa shape index (κ2) is 6.06. The molecule has 0 bridgehead atoms. The SMILES string of the molecule is COc1cccc(C(=O)NCc2ccncc2C)c1O. The number of hydrogen-bond donors (Lipinski definition) is 2. The Morgan fingerprint density at radius 3 is 2.90 bits per heavy atom. The lowest BCUT2D eigenvalue weighted by Crippen LogP contribution is -2.23. The number of methoxy groups -OCH3 is 1. The van der Waals surface area contributed by atoms with E-state index in [-0.39, 0.29) is 23.0 Å². The Balaban J connectivity index is 2.12. The fraction of sp³-hybridized carbons (Fsp3) is 0.200. The number of nitrogens with one attached hydrogen (secondary N) is 1. The second-order valence-electron chi connectivity index (χ2n) is 4.34. The molecule has 1 aromatic carbocycles. The molecule has 0 radical (unpaired) electrons. The zero-order valence-electron chi connectivity index (χ0n) is 11.4. The van der Waals surface area contributed by atoms with E-state index in [1.165, 1.54) is 7.11 Å². The molecule has 1 aromatic heterocycles. The number of rotatable bonds is 4. The van der Waals surface area contributed by atoms with E-state index >= 15 is 0 Å². The van der Waals surface area contributed by atoms with Crippen LogP contribution in [-0.2, 0) is 6.54 Å². The summed E-state index contributed by atoms with van der Waals surface area (Å²) in [4.78, 5) is 16.1. The van der Waals surface area contributed by atoms with Crippen LogP contribution in [0.1, 0.15) is 21.5 Å². The Morgan fingerprint density at radius 2 is 2.20 bits per heavy atom.